The fourth-order valence-electron chi connectivity index (χ4n) is 2.65. The van der Waals surface area contributed by atoms with E-state index in [4.69, 9.17) is 4.78 Å². The Labute approximate surface area is 87.0 Å². The van der Waals surface area contributed by atoms with E-state index in [0.717, 1.165) is 13.0 Å². The summed E-state index contributed by atoms with van der Waals surface area (Å²) in [6.07, 6.45) is 3.32. The molecule has 80 valence electrons. The molecule has 3 nitrogen and oxygen atoms in total. The zero-order valence-electron chi connectivity index (χ0n) is 9.45. The summed E-state index contributed by atoms with van der Waals surface area (Å²) < 4.78 is 7.08. The van der Waals surface area contributed by atoms with Gasteiger partial charge >= 0.3 is 8.40 Å². The summed E-state index contributed by atoms with van der Waals surface area (Å²) in [5.41, 5.74) is 0. The summed E-state index contributed by atoms with van der Waals surface area (Å²) >= 11 is 0. The van der Waals surface area contributed by atoms with E-state index in [1.54, 1.807) is 0 Å². The molecule has 0 radical (unpaired) electrons. The number of nitrogens with zero attached hydrogens (tertiary/aromatic N) is 2. The van der Waals surface area contributed by atoms with E-state index in [0.29, 0.717) is 0 Å². The van der Waals surface area contributed by atoms with Crippen molar-refractivity contribution in [3.8, 4) is 0 Å². The van der Waals surface area contributed by atoms with Crippen LogP contribution in [0.4, 0.5) is 0 Å². The monoisotopic (exact) mass is 213 g/mol. The van der Waals surface area contributed by atoms with Crippen LogP contribution in [0.25, 0.3) is 0 Å². The van der Waals surface area contributed by atoms with Gasteiger partial charge in [0.15, 0.2) is 0 Å². The summed E-state index contributed by atoms with van der Waals surface area (Å²) in [6, 6.07) is 1.17. The Morgan fingerprint density at radius 2 is 2.29 bits per heavy atom. The van der Waals surface area contributed by atoms with Gasteiger partial charge in [-0.3, -0.25) is 0 Å². The lowest BCUT2D eigenvalue weighted by molar-refractivity contribution is -0.394. The number of hydrogen-bond acceptors (Lipinski definition) is 2. The lowest BCUT2D eigenvalue weighted by Crippen LogP contribution is -2.39. The minimum atomic E-state index is -1.54. The Balaban J connectivity index is 2.01. The maximum absolute atomic E-state index is 9.92. The zero-order valence-corrected chi connectivity index (χ0v) is 10.5. The number of hydrogen-bond donors (Lipinski definition) is 1. The molecule has 1 spiro atoms. The van der Waals surface area contributed by atoms with Crippen LogP contribution >= 0.6 is 0 Å². The number of unbranched alkanes of at least 4 members (excludes halogenated alkanes) is 1. The Hall–Kier alpha value is -0.223. The van der Waals surface area contributed by atoms with E-state index in [9.17, 15) is 5.11 Å². The van der Waals surface area contributed by atoms with Gasteiger partial charge in [0.25, 0.3) is 0 Å². The molecule has 0 aromatic heterocycles. The second kappa shape index (κ2) is 3.13. The Bertz CT molecular complexity index is 277. The van der Waals surface area contributed by atoms with Crippen molar-refractivity contribution in [1.82, 2.24) is 0 Å². The SMILES string of the molecule is CCCC[N+]1=N[Si]12CCC(O)C2(C)C. The largest absolute Gasteiger partial charge is 0.582 e. The number of aliphatic hydroxyl groups excluding tert-OH is 1. The molecule has 1 fully saturated rings. The van der Waals surface area contributed by atoms with Crippen LogP contribution in [0.15, 0.2) is 4.78 Å². The van der Waals surface area contributed by atoms with Gasteiger partial charge < -0.3 is 5.11 Å². The molecule has 0 saturated carbocycles. The average Bonchev–Trinajstić information content (AvgIpc) is 2.81. The Kier molecular flexibility index (Phi) is 2.31. The zero-order chi connectivity index (χ0) is 10.4. The molecule has 2 atom stereocenters. The van der Waals surface area contributed by atoms with Gasteiger partial charge in [-0.1, -0.05) is 27.2 Å². The maximum atomic E-state index is 9.92. The fraction of sp³-hybridized carbons (Fsp3) is 1.00. The van der Waals surface area contributed by atoms with E-state index >= 15 is 0 Å². The third-order valence-electron chi connectivity index (χ3n) is 4.03. The van der Waals surface area contributed by atoms with E-state index in [-0.39, 0.29) is 11.1 Å². The van der Waals surface area contributed by atoms with Crippen molar-refractivity contribution in [3.63, 3.8) is 0 Å². The van der Waals surface area contributed by atoms with Crippen LogP contribution in [0.5, 0.6) is 0 Å². The van der Waals surface area contributed by atoms with E-state index in [1.807, 2.05) is 0 Å². The molecule has 4 heteroatoms. The highest BCUT2D eigenvalue weighted by atomic mass is 28.4. The summed E-state index contributed by atoms with van der Waals surface area (Å²) in [4.78, 5) is 0. The number of rotatable bonds is 3. The van der Waals surface area contributed by atoms with Gasteiger partial charge in [-0.05, 0) is 11.2 Å². The van der Waals surface area contributed by atoms with Gasteiger partial charge in [0.1, 0.15) is 6.54 Å². The Morgan fingerprint density at radius 1 is 1.57 bits per heavy atom. The first-order valence-corrected chi connectivity index (χ1v) is 7.83. The van der Waals surface area contributed by atoms with E-state index in [2.05, 4.69) is 25.1 Å². The molecule has 2 rings (SSSR count). The lowest BCUT2D eigenvalue weighted by Gasteiger charge is -2.20. The highest BCUT2D eigenvalue weighted by Crippen LogP contribution is 2.57. The van der Waals surface area contributed by atoms with E-state index < -0.39 is 8.40 Å². The molecule has 2 aliphatic heterocycles. The molecule has 1 N–H and O–H groups in total. The quantitative estimate of drug-likeness (QED) is 0.717. The molecular weight excluding hydrogens is 192 g/mol. The van der Waals surface area contributed by atoms with Gasteiger partial charge in [-0.15, -0.1) is 0 Å². The summed E-state index contributed by atoms with van der Waals surface area (Å²) in [5.74, 6) is 0. The van der Waals surface area contributed by atoms with Crippen molar-refractivity contribution in [2.45, 2.75) is 57.2 Å². The van der Waals surface area contributed by atoms with Gasteiger partial charge in [0.05, 0.1) is 11.1 Å². The second-order valence-corrected chi connectivity index (χ2v) is 9.31. The van der Waals surface area contributed by atoms with Crippen LogP contribution < -0.4 is 0 Å². The summed E-state index contributed by atoms with van der Waals surface area (Å²) in [6.45, 7) is 7.74. The van der Waals surface area contributed by atoms with Crippen molar-refractivity contribution < 1.29 is 9.47 Å². The van der Waals surface area contributed by atoms with Gasteiger partial charge in [0, 0.05) is 12.5 Å². The minimum absolute atomic E-state index is 0.0841. The summed E-state index contributed by atoms with van der Waals surface area (Å²) in [5, 5.41) is 10.0. The predicted octanol–water partition coefficient (Wildman–Crippen LogP) is 2.25. The minimum Gasteiger partial charge on any atom is -0.393 e. The van der Waals surface area contributed by atoms with Crippen LogP contribution in [0, 0.1) is 0 Å². The van der Waals surface area contributed by atoms with Crippen LogP contribution in [0.2, 0.25) is 11.1 Å². The molecule has 2 aliphatic rings. The average molecular weight is 213 g/mol. The van der Waals surface area contributed by atoms with Crippen LogP contribution in [0.1, 0.15) is 40.0 Å². The maximum Gasteiger partial charge on any atom is 0.582 e. The molecule has 2 heterocycles. The fourth-order valence-corrected chi connectivity index (χ4v) is 7.27. The second-order valence-electron chi connectivity index (χ2n) is 5.17. The molecular formula is C10H21N2OSi+. The normalized spacial score (nSPS) is 38.9. The Morgan fingerprint density at radius 3 is 2.79 bits per heavy atom. The van der Waals surface area contributed by atoms with Crippen molar-refractivity contribution in [1.29, 1.82) is 0 Å². The standard InChI is InChI=1S/C10H21N2OSi/c1-4-5-7-12-11-14(12)8-6-9(13)10(14,2)3/h9,13H,4-8H2,1-3H3/q+1. The van der Waals surface area contributed by atoms with Crippen LogP contribution in [0.3, 0.4) is 0 Å². The van der Waals surface area contributed by atoms with Crippen molar-refractivity contribution in [3.05, 3.63) is 0 Å². The first kappa shape index (κ1) is 10.3. The third-order valence-corrected chi connectivity index (χ3v) is 8.98. The van der Waals surface area contributed by atoms with Crippen molar-refractivity contribution in [2.24, 2.45) is 4.78 Å². The number of aliphatic hydroxyl groups is 1. The van der Waals surface area contributed by atoms with Gasteiger partial charge in [-0.2, -0.15) is 4.36 Å². The molecule has 0 aromatic carbocycles. The predicted molar refractivity (Wildman–Crippen MR) is 57.7 cm³/mol. The molecule has 0 aliphatic carbocycles. The van der Waals surface area contributed by atoms with Crippen LogP contribution in [-0.2, 0) is 0 Å². The first-order valence-electron chi connectivity index (χ1n) is 5.73. The van der Waals surface area contributed by atoms with Crippen LogP contribution in [-0.4, -0.2) is 30.5 Å². The highest BCUT2D eigenvalue weighted by molar-refractivity contribution is 6.78. The van der Waals surface area contributed by atoms with Crippen molar-refractivity contribution in [2.75, 3.05) is 6.54 Å². The lowest BCUT2D eigenvalue weighted by atomic mass is 10.1. The molecule has 0 aromatic rings. The van der Waals surface area contributed by atoms with E-state index in [1.165, 1.54) is 18.9 Å². The highest BCUT2D eigenvalue weighted by Gasteiger charge is 2.80. The first-order chi connectivity index (χ1) is 6.54. The van der Waals surface area contributed by atoms with Gasteiger partial charge in [0.2, 0.25) is 0 Å². The van der Waals surface area contributed by atoms with Crippen molar-refractivity contribution >= 4 is 8.40 Å². The van der Waals surface area contributed by atoms with Gasteiger partial charge in [-0.25, -0.2) is 0 Å². The summed E-state index contributed by atoms with van der Waals surface area (Å²) in [7, 11) is -1.54. The molecule has 2 unspecified atom stereocenters. The molecule has 1 saturated heterocycles. The third kappa shape index (κ3) is 1.20. The molecule has 0 amide bonds. The topological polar surface area (TPSA) is 35.6 Å². The molecule has 0 bridgehead atoms. The molecule has 14 heavy (non-hydrogen) atoms. The smallest absolute Gasteiger partial charge is 0.393 e.